The summed E-state index contributed by atoms with van der Waals surface area (Å²) in [5.41, 5.74) is 5.58. The lowest BCUT2D eigenvalue weighted by Crippen LogP contribution is -2.33. The first kappa shape index (κ1) is 26.9. The van der Waals surface area contributed by atoms with Crippen molar-refractivity contribution >= 4 is 18.0 Å². The number of carboxylic acids is 1. The second-order valence-corrected chi connectivity index (χ2v) is 9.06. The Morgan fingerprint density at radius 2 is 1.45 bits per heavy atom. The van der Waals surface area contributed by atoms with Gasteiger partial charge in [-0.1, -0.05) is 78.9 Å². The Hall–Kier alpha value is -4.17. The molecule has 0 atom stereocenters. The monoisotopic (exact) mass is 516 g/mol. The summed E-state index contributed by atoms with van der Waals surface area (Å²) < 4.78 is 11.0. The summed E-state index contributed by atoms with van der Waals surface area (Å²) in [4.78, 5) is 37.4. The summed E-state index contributed by atoms with van der Waals surface area (Å²) in [6.45, 7) is 1.36. The first-order valence-electron chi connectivity index (χ1n) is 12.7. The van der Waals surface area contributed by atoms with Crippen molar-refractivity contribution in [2.75, 3.05) is 32.9 Å². The maximum Gasteiger partial charge on any atom is 0.407 e. The molecular weight excluding hydrogens is 484 g/mol. The predicted octanol–water partition coefficient (Wildman–Crippen LogP) is 4.44. The molecule has 0 saturated heterocycles. The number of alkyl carbamates (subject to hydrolysis) is 1. The van der Waals surface area contributed by atoms with Crippen molar-refractivity contribution in [1.29, 1.82) is 0 Å². The molecule has 2 amide bonds. The fraction of sp³-hybridized carbons (Fsp3) is 0.300. The molecular formula is C30H32N2O6. The number of carbonyl (C=O) groups excluding carboxylic acids is 2. The van der Waals surface area contributed by atoms with Crippen molar-refractivity contribution < 1.29 is 29.0 Å². The lowest BCUT2D eigenvalue weighted by Gasteiger charge is -2.22. The summed E-state index contributed by atoms with van der Waals surface area (Å²) in [6, 6.07) is 25.7. The van der Waals surface area contributed by atoms with Crippen LogP contribution < -0.4 is 5.32 Å². The summed E-state index contributed by atoms with van der Waals surface area (Å²) in [7, 11) is 0. The van der Waals surface area contributed by atoms with Gasteiger partial charge >= 0.3 is 12.1 Å². The molecule has 198 valence electrons. The highest BCUT2D eigenvalue weighted by Crippen LogP contribution is 2.44. The average molecular weight is 517 g/mol. The third-order valence-corrected chi connectivity index (χ3v) is 6.48. The highest BCUT2D eigenvalue weighted by Gasteiger charge is 2.28. The molecule has 0 unspecified atom stereocenters. The van der Waals surface area contributed by atoms with Crippen molar-refractivity contribution in [3.05, 3.63) is 95.6 Å². The molecule has 0 saturated carbocycles. The van der Waals surface area contributed by atoms with Crippen LogP contribution in [0.3, 0.4) is 0 Å². The van der Waals surface area contributed by atoms with Gasteiger partial charge in [-0.3, -0.25) is 9.59 Å². The molecule has 8 nitrogen and oxygen atoms in total. The Balaban J connectivity index is 1.15. The van der Waals surface area contributed by atoms with Crippen LogP contribution in [0.2, 0.25) is 0 Å². The molecule has 0 bridgehead atoms. The molecule has 8 heteroatoms. The molecule has 4 rings (SSSR count). The fourth-order valence-corrected chi connectivity index (χ4v) is 4.62. The van der Waals surface area contributed by atoms with Crippen LogP contribution in [0.5, 0.6) is 0 Å². The number of carboxylic acid groups (broad SMARTS) is 1. The van der Waals surface area contributed by atoms with Gasteiger partial charge in [0.05, 0.1) is 26.1 Å². The Labute approximate surface area is 222 Å². The second-order valence-electron chi connectivity index (χ2n) is 9.06. The highest BCUT2D eigenvalue weighted by atomic mass is 16.5. The molecule has 0 heterocycles. The number of aliphatic carboxylic acids is 1. The van der Waals surface area contributed by atoms with E-state index in [1.807, 2.05) is 54.6 Å². The van der Waals surface area contributed by atoms with E-state index in [0.29, 0.717) is 6.54 Å². The van der Waals surface area contributed by atoms with E-state index < -0.39 is 12.1 Å². The first-order chi connectivity index (χ1) is 18.5. The lowest BCUT2D eigenvalue weighted by molar-refractivity contribution is -0.139. The van der Waals surface area contributed by atoms with Gasteiger partial charge in [0.2, 0.25) is 5.91 Å². The van der Waals surface area contributed by atoms with E-state index in [1.54, 1.807) is 0 Å². The van der Waals surface area contributed by atoms with Gasteiger partial charge in [-0.2, -0.15) is 0 Å². The van der Waals surface area contributed by atoms with E-state index in [2.05, 4.69) is 29.6 Å². The fourth-order valence-electron chi connectivity index (χ4n) is 4.62. The third-order valence-electron chi connectivity index (χ3n) is 6.48. The number of hydrogen-bond acceptors (Lipinski definition) is 5. The molecule has 2 N–H and O–H groups in total. The maximum atomic E-state index is 12.7. The SMILES string of the molecule is O=C(O)CCN(Cc1ccccc1)C(=O)CCOCCNC(=O)OCC1c2ccccc2-c2ccccc21. The largest absolute Gasteiger partial charge is 0.481 e. The van der Waals surface area contributed by atoms with Gasteiger partial charge < -0.3 is 24.8 Å². The van der Waals surface area contributed by atoms with Crippen LogP contribution in [0.1, 0.15) is 35.4 Å². The van der Waals surface area contributed by atoms with Gasteiger partial charge in [-0.15, -0.1) is 0 Å². The molecule has 0 aliphatic heterocycles. The molecule has 38 heavy (non-hydrogen) atoms. The average Bonchev–Trinajstić information content (AvgIpc) is 3.25. The minimum Gasteiger partial charge on any atom is -0.481 e. The molecule has 3 aromatic rings. The van der Waals surface area contributed by atoms with E-state index >= 15 is 0 Å². The number of hydrogen-bond donors (Lipinski definition) is 2. The van der Waals surface area contributed by atoms with E-state index in [0.717, 1.165) is 16.7 Å². The zero-order valence-electron chi connectivity index (χ0n) is 21.2. The Morgan fingerprint density at radius 1 is 0.816 bits per heavy atom. The molecule has 0 aromatic heterocycles. The smallest absolute Gasteiger partial charge is 0.407 e. The van der Waals surface area contributed by atoms with Gasteiger partial charge in [0.25, 0.3) is 0 Å². The standard InChI is InChI=1S/C30H32N2O6/c33-28(32(17-14-29(34)35)20-22-8-2-1-3-9-22)15-18-37-19-16-31-30(36)38-21-27-25-12-6-4-10-23(25)24-11-5-7-13-26(24)27/h1-13,27H,14-21H2,(H,31,36)(H,34,35). The molecule has 3 aromatic carbocycles. The minimum absolute atomic E-state index is 0.00429. The Morgan fingerprint density at radius 3 is 2.11 bits per heavy atom. The van der Waals surface area contributed by atoms with Crippen LogP contribution in [-0.4, -0.2) is 60.9 Å². The summed E-state index contributed by atoms with van der Waals surface area (Å²) >= 11 is 0. The number of nitrogens with one attached hydrogen (secondary N) is 1. The normalized spacial score (nSPS) is 11.9. The quantitative estimate of drug-likeness (QED) is 0.326. The topological polar surface area (TPSA) is 105 Å². The van der Waals surface area contributed by atoms with Gasteiger partial charge in [-0.05, 0) is 27.8 Å². The Bertz CT molecular complexity index is 1200. The van der Waals surface area contributed by atoms with Gasteiger partial charge in [0.1, 0.15) is 6.61 Å². The number of ether oxygens (including phenoxy) is 2. The van der Waals surface area contributed by atoms with Gasteiger partial charge in [-0.25, -0.2) is 4.79 Å². The molecule has 1 aliphatic carbocycles. The number of carbonyl (C=O) groups is 3. The van der Waals surface area contributed by atoms with Crippen molar-refractivity contribution in [3.63, 3.8) is 0 Å². The van der Waals surface area contributed by atoms with E-state index in [1.165, 1.54) is 16.0 Å². The van der Waals surface area contributed by atoms with Crippen LogP contribution in [0, 0.1) is 0 Å². The van der Waals surface area contributed by atoms with E-state index in [4.69, 9.17) is 14.6 Å². The summed E-state index contributed by atoms with van der Waals surface area (Å²) in [5.74, 6) is -1.14. The van der Waals surface area contributed by atoms with E-state index in [-0.39, 0.29) is 57.6 Å². The van der Waals surface area contributed by atoms with Gasteiger partial charge in [0.15, 0.2) is 0 Å². The first-order valence-corrected chi connectivity index (χ1v) is 12.7. The zero-order chi connectivity index (χ0) is 26.7. The summed E-state index contributed by atoms with van der Waals surface area (Å²) in [5, 5.41) is 11.7. The number of benzene rings is 3. The van der Waals surface area contributed by atoms with Crippen molar-refractivity contribution in [3.8, 4) is 11.1 Å². The van der Waals surface area contributed by atoms with Crippen LogP contribution in [0.15, 0.2) is 78.9 Å². The number of fused-ring (bicyclic) bond motifs is 3. The number of amides is 2. The lowest BCUT2D eigenvalue weighted by atomic mass is 9.98. The summed E-state index contributed by atoms with van der Waals surface area (Å²) in [6.07, 6.45) is -0.518. The second kappa shape index (κ2) is 13.4. The predicted molar refractivity (Wildman–Crippen MR) is 143 cm³/mol. The molecule has 1 aliphatic rings. The van der Waals surface area contributed by atoms with Crippen LogP contribution in [0.25, 0.3) is 11.1 Å². The van der Waals surface area contributed by atoms with Crippen molar-refractivity contribution in [1.82, 2.24) is 10.2 Å². The van der Waals surface area contributed by atoms with E-state index in [9.17, 15) is 14.4 Å². The van der Waals surface area contributed by atoms with Crippen molar-refractivity contribution in [2.24, 2.45) is 0 Å². The highest BCUT2D eigenvalue weighted by molar-refractivity contribution is 5.79. The Kier molecular flexibility index (Phi) is 9.48. The van der Waals surface area contributed by atoms with Crippen LogP contribution >= 0.6 is 0 Å². The molecule has 0 radical (unpaired) electrons. The van der Waals surface area contributed by atoms with Crippen LogP contribution in [-0.2, 0) is 25.6 Å². The molecule has 0 fully saturated rings. The number of nitrogens with zero attached hydrogens (tertiary/aromatic N) is 1. The van der Waals surface area contributed by atoms with Crippen LogP contribution in [0.4, 0.5) is 4.79 Å². The van der Waals surface area contributed by atoms with Gasteiger partial charge in [0, 0.05) is 25.6 Å². The minimum atomic E-state index is -0.952. The van der Waals surface area contributed by atoms with Crippen molar-refractivity contribution in [2.45, 2.75) is 25.3 Å². The third kappa shape index (κ3) is 7.20. The maximum absolute atomic E-state index is 12.7. The molecule has 0 spiro atoms. The zero-order valence-corrected chi connectivity index (χ0v) is 21.2. The number of rotatable bonds is 13.